The van der Waals surface area contributed by atoms with Gasteiger partial charge in [0.1, 0.15) is 0 Å². The van der Waals surface area contributed by atoms with Crippen molar-refractivity contribution in [1.29, 1.82) is 0 Å². The molecule has 5 rings (SSSR count). The van der Waals surface area contributed by atoms with Gasteiger partial charge in [-0.15, -0.1) is 0 Å². The molecule has 2 aliphatic carbocycles. The number of fused-ring (bicyclic) bond motifs is 10. The van der Waals surface area contributed by atoms with Crippen LogP contribution in [0.5, 0.6) is 0 Å². The molecule has 3 atom stereocenters. The van der Waals surface area contributed by atoms with Gasteiger partial charge in [-0.25, -0.2) is 0 Å². The monoisotopic (exact) mass is 259 g/mol. The lowest BCUT2D eigenvalue weighted by atomic mass is 9.85. The summed E-state index contributed by atoms with van der Waals surface area (Å²) in [4.78, 5) is 4.70. The zero-order valence-corrected chi connectivity index (χ0v) is 11.6. The highest BCUT2D eigenvalue weighted by Gasteiger charge is 2.45. The van der Waals surface area contributed by atoms with Gasteiger partial charge in [0.05, 0.1) is 5.52 Å². The lowest BCUT2D eigenvalue weighted by Crippen LogP contribution is -2.01. The van der Waals surface area contributed by atoms with Crippen molar-refractivity contribution in [1.82, 2.24) is 4.98 Å². The standard InChI is InChI=1S/C19H17N/c1-11-12-8-9-13(11)18-16-7-4-10-20-19(16)15-6-3-2-5-14(15)17(12)18/h2-7,10-13H,8-9H2,1H3/t11-,12?,13?/m1/s1. The molecule has 98 valence electrons. The van der Waals surface area contributed by atoms with E-state index in [0.717, 1.165) is 17.8 Å². The average Bonchev–Trinajstić information content (AvgIpc) is 3.01. The Labute approximate surface area is 118 Å². The van der Waals surface area contributed by atoms with E-state index >= 15 is 0 Å². The van der Waals surface area contributed by atoms with E-state index in [1.54, 1.807) is 11.1 Å². The molecule has 2 unspecified atom stereocenters. The zero-order chi connectivity index (χ0) is 13.3. The van der Waals surface area contributed by atoms with Crippen LogP contribution < -0.4 is 0 Å². The number of aromatic nitrogens is 1. The second-order valence-electron chi connectivity index (χ2n) is 6.42. The first-order valence-corrected chi connectivity index (χ1v) is 7.65. The van der Waals surface area contributed by atoms with Gasteiger partial charge >= 0.3 is 0 Å². The van der Waals surface area contributed by atoms with Crippen LogP contribution in [-0.4, -0.2) is 4.98 Å². The van der Waals surface area contributed by atoms with Gasteiger partial charge in [-0.2, -0.15) is 0 Å². The van der Waals surface area contributed by atoms with E-state index in [2.05, 4.69) is 43.3 Å². The third-order valence-electron chi connectivity index (χ3n) is 5.66. The second-order valence-corrected chi connectivity index (χ2v) is 6.42. The molecule has 3 aromatic rings. The normalized spacial score (nSPS) is 27.4. The number of nitrogens with zero attached hydrogens (tertiary/aromatic N) is 1. The fraction of sp³-hybridized carbons (Fsp3) is 0.316. The number of rotatable bonds is 0. The molecule has 0 N–H and O–H groups in total. The van der Waals surface area contributed by atoms with Gasteiger partial charge in [0, 0.05) is 17.0 Å². The Morgan fingerprint density at radius 3 is 2.30 bits per heavy atom. The maximum absolute atomic E-state index is 4.70. The third kappa shape index (κ3) is 1.13. The predicted octanol–water partition coefficient (Wildman–Crippen LogP) is 5.00. The first-order chi connectivity index (χ1) is 9.86. The Bertz CT molecular complexity index is 778. The molecular weight excluding hydrogens is 242 g/mol. The molecular formula is C19H17N. The van der Waals surface area contributed by atoms with Crippen LogP contribution in [0.15, 0.2) is 42.6 Å². The molecule has 0 aliphatic heterocycles. The molecule has 1 aromatic heterocycles. The molecule has 1 heteroatoms. The molecule has 0 radical (unpaired) electrons. The van der Waals surface area contributed by atoms with Crippen LogP contribution in [0.1, 0.15) is 42.7 Å². The topological polar surface area (TPSA) is 12.9 Å². The first kappa shape index (κ1) is 10.8. The number of hydrogen-bond acceptors (Lipinski definition) is 1. The summed E-state index contributed by atoms with van der Waals surface area (Å²) in [5.74, 6) is 2.33. The van der Waals surface area contributed by atoms with Crippen LogP contribution in [-0.2, 0) is 0 Å². The lowest BCUT2D eigenvalue weighted by molar-refractivity contribution is 0.533. The molecule has 1 fully saturated rings. The van der Waals surface area contributed by atoms with Crippen molar-refractivity contribution < 1.29 is 0 Å². The molecule has 0 saturated heterocycles. The van der Waals surface area contributed by atoms with Gasteiger partial charge in [-0.1, -0.05) is 37.3 Å². The van der Waals surface area contributed by atoms with Crippen LogP contribution >= 0.6 is 0 Å². The summed E-state index contributed by atoms with van der Waals surface area (Å²) in [5, 5.41) is 4.19. The van der Waals surface area contributed by atoms with Crippen LogP contribution in [0.3, 0.4) is 0 Å². The SMILES string of the molecule is C[C@@H]1C2CCC1c1c2c2ccccc2c2ncccc12. The zero-order valence-electron chi connectivity index (χ0n) is 11.6. The number of hydrogen-bond donors (Lipinski definition) is 0. The molecule has 1 nitrogen and oxygen atoms in total. The first-order valence-electron chi connectivity index (χ1n) is 7.65. The van der Waals surface area contributed by atoms with E-state index in [1.165, 1.54) is 34.5 Å². The summed E-state index contributed by atoms with van der Waals surface area (Å²) in [7, 11) is 0. The van der Waals surface area contributed by atoms with Crippen LogP contribution in [0.4, 0.5) is 0 Å². The van der Waals surface area contributed by atoms with E-state index in [4.69, 9.17) is 4.98 Å². The van der Waals surface area contributed by atoms with E-state index in [-0.39, 0.29) is 0 Å². The summed E-state index contributed by atoms with van der Waals surface area (Å²) in [5.41, 5.74) is 4.46. The lowest BCUT2D eigenvalue weighted by Gasteiger charge is -2.20. The molecule has 2 aliphatic rings. The van der Waals surface area contributed by atoms with Crippen molar-refractivity contribution in [3.63, 3.8) is 0 Å². The van der Waals surface area contributed by atoms with Gasteiger partial charge in [0.15, 0.2) is 0 Å². The summed E-state index contributed by atoms with van der Waals surface area (Å²) in [6.45, 7) is 2.44. The van der Waals surface area contributed by atoms with Crippen LogP contribution in [0.2, 0.25) is 0 Å². The predicted molar refractivity (Wildman–Crippen MR) is 83.1 cm³/mol. The quantitative estimate of drug-likeness (QED) is 0.518. The minimum atomic E-state index is 0.756. The Balaban J connectivity index is 2.06. The maximum Gasteiger partial charge on any atom is 0.0783 e. The van der Waals surface area contributed by atoms with Crippen LogP contribution in [0.25, 0.3) is 21.7 Å². The second kappa shape index (κ2) is 3.60. The van der Waals surface area contributed by atoms with E-state index in [0.29, 0.717) is 0 Å². The fourth-order valence-electron chi connectivity index (χ4n) is 4.83. The van der Waals surface area contributed by atoms with Crippen LogP contribution in [0, 0.1) is 5.92 Å². The maximum atomic E-state index is 4.70. The van der Waals surface area contributed by atoms with E-state index in [1.807, 2.05) is 6.20 Å². The largest absolute Gasteiger partial charge is 0.256 e. The highest BCUT2D eigenvalue weighted by atomic mass is 14.7. The van der Waals surface area contributed by atoms with Gasteiger partial charge in [-0.05, 0) is 53.2 Å². The molecule has 0 spiro atoms. The van der Waals surface area contributed by atoms with Gasteiger partial charge in [-0.3, -0.25) is 4.98 Å². The smallest absolute Gasteiger partial charge is 0.0783 e. The molecule has 20 heavy (non-hydrogen) atoms. The van der Waals surface area contributed by atoms with Gasteiger partial charge in [0.25, 0.3) is 0 Å². The minimum Gasteiger partial charge on any atom is -0.256 e. The summed E-state index contributed by atoms with van der Waals surface area (Å²) >= 11 is 0. The van der Waals surface area contributed by atoms with Crippen molar-refractivity contribution >= 4 is 21.7 Å². The highest BCUT2D eigenvalue weighted by Crippen LogP contribution is 2.60. The van der Waals surface area contributed by atoms with Gasteiger partial charge < -0.3 is 0 Å². The molecule has 2 aromatic carbocycles. The Kier molecular flexibility index (Phi) is 1.95. The highest BCUT2D eigenvalue weighted by molar-refractivity contribution is 6.09. The van der Waals surface area contributed by atoms with Crippen molar-refractivity contribution in [2.75, 3.05) is 0 Å². The number of pyridine rings is 1. The average molecular weight is 259 g/mol. The van der Waals surface area contributed by atoms with E-state index in [9.17, 15) is 0 Å². The van der Waals surface area contributed by atoms with Crippen molar-refractivity contribution in [3.8, 4) is 0 Å². The fourth-order valence-corrected chi connectivity index (χ4v) is 4.83. The Morgan fingerprint density at radius 1 is 0.850 bits per heavy atom. The van der Waals surface area contributed by atoms with Crippen molar-refractivity contribution in [3.05, 3.63) is 53.7 Å². The minimum absolute atomic E-state index is 0.756. The van der Waals surface area contributed by atoms with Gasteiger partial charge in [0.2, 0.25) is 0 Å². The van der Waals surface area contributed by atoms with Crippen molar-refractivity contribution in [2.24, 2.45) is 5.92 Å². The number of benzene rings is 2. The molecule has 1 saturated carbocycles. The molecule has 0 amide bonds. The van der Waals surface area contributed by atoms with E-state index < -0.39 is 0 Å². The Morgan fingerprint density at radius 2 is 1.50 bits per heavy atom. The summed E-state index contributed by atoms with van der Waals surface area (Å²) < 4.78 is 0. The van der Waals surface area contributed by atoms with Crippen molar-refractivity contribution in [2.45, 2.75) is 31.6 Å². The third-order valence-corrected chi connectivity index (χ3v) is 5.66. The molecule has 2 bridgehead atoms. The molecule has 1 heterocycles. The Hall–Kier alpha value is -1.89. The summed E-state index contributed by atoms with van der Waals surface area (Å²) in [6.07, 6.45) is 4.66. The summed E-state index contributed by atoms with van der Waals surface area (Å²) in [6, 6.07) is 13.2.